The van der Waals surface area contributed by atoms with Gasteiger partial charge in [-0.3, -0.25) is 0 Å². The molecule has 0 aromatic rings. The SMILES string of the molecule is CCc1c2cccccc-2c(C[N+](=O)C(C)(C)C)c1[Si](C)(C)C(C)(C)C. The highest BCUT2D eigenvalue weighted by Gasteiger charge is 2.44. The zero-order valence-corrected chi connectivity index (χ0v) is 19.2. The van der Waals surface area contributed by atoms with Gasteiger partial charge in [0, 0.05) is 36.0 Å². The molecular formula is C23H36NOSi+. The van der Waals surface area contributed by atoms with E-state index in [0.717, 1.165) is 6.42 Å². The highest BCUT2D eigenvalue weighted by Crippen LogP contribution is 2.41. The van der Waals surface area contributed by atoms with Crippen molar-refractivity contribution in [3.63, 3.8) is 0 Å². The van der Waals surface area contributed by atoms with E-state index >= 15 is 0 Å². The van der Waals surface area contributed by atoms with Gasteiger partial charge in [-0.1, -0.05) is 71.1 Å². The second-order valence-electron chi connectivity index (χ2n) is 10.0. The fourth-order valence-electron chi connectivity index (χ4n) is 3.57. The van der Waals surface area contributed by atoms with Crippen molar-refractivity contribution in [3.8, 4) is 11.1 Å². The topological polar surface area (TPSA) is 20.1 Å². The van der Waals surface area contributed by atoms with Crippen LogP contribution in [-0.4, -0.2) is 18.4 Å². The van der Waals surface area contributed by atoms with Gasteiger partial charge in [0.05, 0.1) is 8.07 Å². The predicted molar refractivity (Wildman–Crippen MR) is 116 cm³/mol. The Balaban J connectivity index is 2.85. The van der Waals surface area contributed by atoms with Crippen LogP contribution in [0, 0.1) is 4.91 Å². The molecule has 0 bridgehead atoms. The van der Waals surface area contributed by atoms with Crippen molar-refractivity contribution in [2.45, 2.75) is 85.1 Å². The maximum Gasteiger partial charge on any atom is 0.218 e. The number of rotatable bonds is 4. The Morgan fingerprint density at radius 2 is 1.38 bits per heavy atom. The molecule has 0 heterocycles. The average Bonchev–Trinajstić information content (AvgIpc) is 2.65. The molecule has 0 N–H and O–H groups in total. The summed E-state index contributed by atoms with van der Waals surface area (Å²) >= 11 is 0. The molecule has 0 unspecified atom stereocenters. The fourth-order valence-corrected chi connectivity index (χ4v) is 6.35. The quantitative estimate of drug-likeness (QED) is 0.467. The average molecular weight is 371 g/mol. The molecule has 26 heavy (non-hydrogen) atoms. The molecule has 0 atom stereocenters. The van der Waals surface area contributed by atoms with Crippen LogP contribution in [0.3, 0.4) is 0 Å². The van der Waals surface area contributed by atoms with E-state index in [1.54, 1.807) is 0 Å². The molecule has 2 aliphatic rings. The smallest absolute Gasteiger partial charge is 0.0650 e. The molecule has 3 heteroatoms. The van der Waals surface area contributed by atoms with E-state index in [-0.39, 0.29) is 5.04 Å². The Morgan fingerprint density at radius 1 is 0.885 bits per heavy atom. The molecule has 2 nitrogen and oxygen atoms in total. The monoisotopic (exact) mass is 370 g/mol. The van der Waals surface area contributed by atoms with E-state index in [0.29, 0.717) is 6.54 Å². The third-order valence-electron chi connectivity index (χ3n) is 6.20. The number of hydrogen-bond acceptors (Lipinski definition) is 1. The van der Waals surface area contributed by atoms with E-state index in [1.807, 2.05) is 20.8 Å². The highest BCUT2D eigenvalue weighted by atomic mass is 28.3. The first-order valence-corrected chi connectivity index (χ1v) is 12.8. The van der Waals surface area contributed by atoms with Crippen LogP contribution < -0.4 is 5.19 Å². The van der Waals surface area contributed by atoms with Crippen molar-refractivity contribution in [1.82, 2.24) is 0 Å². The molecule has 0 radical (unpaired) electrons. The molecule has 0 amide bonds. The number of nitrogens with zero attached hydrogens (tertiary/aromatic N) is 1. The standard InChI is InChI=1S/C23H36NOSi/c1-10-17-18-14-12-11-13-15-19(18)20(16-24(25)22(2,3)4)21(17)26(8,9)23(5,6)7/h11-15H,10,16H2,1-9H3/q+1. The Labute approximate surface area is 160 Å². The van der Waals surface area contributed by atoms with Gasteiger partial charge in [-0.05, 0) is 33.3 Å². The van der Waals surface area contributed by atoms with Gasteiger partial charge in [-0.15, -0.1) is 0 Å². The van der Waals surface area contributed by atoms with Crippen LogP contribution in [0.4, 0.5) is 0 Å². The van der Waals surface area contributed by atoms with Crippen molar-refractivity contribution < 1.29 is 4.76 Å². The van der Waals surface area contributed by atoms with Crippen LogP contribution in [0.15, 0.2) is 30.3 Å². The van der Waals surface area contributed by atoms with Crippen LogP contribution in [0.25, 0.3) is 11.1 Å². The lowest BCUT2D eigenvalue weighted by Crippen LogP contribution is -2.52. The van der Waals surface area contributed by atoms with E-state index in [1.165, 1.54) is 32.2 Å². The molecular weight excluding hydrogens is 334 g/mol. The first-order valence-electron chi connectivity index (χ1n) is 9.80. The lowest BCUT2D eigenvalue weighted by molar-refractivity contribution is -0.630. The number of fused-ring (bicyclic) bond motifs is 1. The molecule has 0 saturated carbocycles. The first-order chi connectivity index (χ1) is 11.8. The normalized spacial score (nSPS) is 13.3. The highest BCUT2D eigenvalue weighted by molar-refractivity contribution is 6.93. The van der Waals surface area contributed by atoms with Crippen molar-refractivity contribution in [2.75, 3.05) is 0 Å². The maximum atomic E-state index is 12.9. The van der Waals surface area contributed by atoms with Crippen LogP contribution >= 0.6 is 0 Å². The molecule has 0 aromatic heterocycles. The Kier molecular flexibility index (Phi) is 5.54. The van der Waals surface area contributed by atoms with Crippen LogP contribution in [0.5, 0.6) is 0 Å². The molecule has 0 aromatic carbocycles. The Hall–Kier alpha value is -1.48. The molecule has 0 spiro atoms. The summed E-state index contributed by atoms with van der Waals surface area (Å²) in [4.78, 5) is 12.9. The molecule has 0 saturated heterocycles. The van der Waals surface area contributed by atoms with Gasteiger partial charge in [-0.2, -0.15) is 0 Å². The van der Waals surface area contributed by atoms with E-state index in [4.69, 9.17) is 0 Å². The van der Waals surface area contributed by atoms with Gasteiger partial charge in [0.2, 0.25) is 12.1 Å². The summed E-state index contributed by atoms with van der Waals surface area (Å²) in [6, 6.07) is 10.7. The van der Waals surface area contributed by atoms with Crippen LogP contribution in [0.1, 0.15) is 59.6 Å². The Morgan fingerprint density at radius 3 is 1.81 bits per heavy atom. The summed E-state index contributed by atoms with van der Waals surface area (Å²) in [6.45, 7) is 20.7. The minimum Gasteiger partial charge on any atom is -0.0650 e. The Bertz CT molecular complexity index is 778. The lowest BCUT2D eigenvalue weighted by atomic mass is 10.1. The van der Waals surface area contributed by atoms with Crippen molar-refractivity contribution in [1.29, 1.82) is 0 Å². The summed E-state index contributed by atoms with van der Waals surface area (Å²) in [6.07, 6.45) is 1.01. The summed E-state index contributed by atoms with van der Waals surface area (Å²) < 4.78 is 1.25. The summed E-state index contributed by atoms with van der Waals surface area (Å²) in [5, 5.41) is 1.74. The van der Waals surface area contributed by atoms with Gasteiger partial charge < -0.3 is 0 Å². The fraction of sp³-hybridized carbons (Fsp3) is 0.565. The largest absolute Gasteiger partial charge is 0.218 e. The zero-order valence-electron chi connectivity index (χ0n) is 18.2. The van der Waals surface area contributed by atoms with Gasteiger partial charge in [0.15, 0.2) is 0 Å². The molecule has 0 fully saturated rings. The van der Waals surface area contributed by atoms with E-state index < -0.39 is 13.6 Å². The number of hydrogen-bond donors (Lipinski definition) is 0. The molecule has 142 valence electrons. The molecule has 2 aliphatic carbocycles. The van der Waals surface area contributed by atoms with E-state index in [9.17, 15) is 4.91 Å². The summed E-state index contributed by atoms with van der Waals surface area (Å²) in [7, 11) is -1.79. The minimum atomic E-state index is -1.79. The van der Waals surface area contributed by atoms with Gasteiger partial charge in [0.1, 0.15) is 0 Å². The van der Waals surface area contributed by atoms with Gasteiger partial charge in [-0.25, -0.2) is 0 Å². The van der Waals surface area contributed by atoms with Gasteiger partial charge >= 0.3 is 0 Å². The third kappa shape index (κ3) is 3.64. The summed E-state index contributed by atoms with van der Waals surface area (Å²) in [5.41, 5.74) is 4.92. The predicted octanol–water partition coefficient (Wildman–Crippen LogP) is 6.15. The lowest BCUT2D eigenvalue weighted by Gasteiger charge is -2.38. The first kappa shape index (κ1) is 20.8. The van der Waals surface area contributed by atoms with Crippen LogP contribution in [-0.2, 0) is 13.0 Å². The molecule has 2 rings (SSSR count). The molecule has 0 aliphatic heterocycles. The van der Waals surface area contributed by atoms with Gasteiger partial charge in [0.25, 0.3) is 0 Å². The zero-order chi connectivity index (χ0) is 19.9. The van der Waals surface area contributed by atoms with Crippen molar-refractivity contribution in [3.05, 3.63) is 46.4 Å². The number of nitroso groups, excluding NO2 is 1. The maximum absolute atomic E-state index is 12.9. The second-order valence-corrected chi connectivity index (χ2v) is 15.3. The third-order valence-corrected chi connectivity index (χ3v) is 11.8. The summed E-state index contributed by atoms with van der Waals surface area (Å²) in [5.74, 6) is 0. The van der Waals surface area contributed by atoms with Crippen LogP contribution in [0.2, 0.25) is 18.1 Å². The minimum absolute atomic E-state index is 0.230. The van der Waals surface area contributed by atoms with E-state index in [2.05, 4.69) is 71.1 Å². The second kappa shape index (κ2) is 6.92. The van der Waals surface area contributed by atoms with Crippen molar-refractivity contribution >= 4 is 13.3 Å². The van der Waals surface area contributed by atoms with Crippen molar-refractivity contribution in [2.24, 2.45) is 0 Å².